The van der Waals surface area contributed by atoms with Gasteiger partial charge in [-0.25, -0.2) is 0 Å². The molecule has 1 heterocycles. The van der Waals surface area contributed by atoms with Crippen LogP contribution in [-0.4, -0.2) is 41.8 Å². The van der Waals surface area contributed by atoms with E-state index in [1.807, 2.05) is 11.9 Å². The van der Waals surface area contributed by atoms with E-state index >= 15 is 0 Å². The number of nitrogens with zero attached hydrogens (tertiary/aromatic N) is 1. The van der Waals surface area contributed by atoms with Gasteiger partial charge >= 0.3 is 6.18 Å². The molecule has 1 fully saturated rings. The van der Waals surface area contributed by atoms with Gasteiger partial charge in [0.1, 0.15) is 0 Å². The first-order valence-corrected chi connectivity index (χ1v) is 7.50. The highest BCUT2D eigenvalue weighted by atomic mass is 32.2. The van der Waals surface area contributed by atoms with Crippen LogP contribution in [-0.2, 0) is 17.4 Å². The predicted octanol–water partition coefficient (Wildman–Crippen LogP) is 2.86. The number of Topliss-reactive ketones (excluding diaryl/α,β-unsaturated/α-hetero) is 1. The monoisotopic (exact) mass is 303 g/mol. The second kappa shape index (κ2) is 6.18. The molecule has 1 aromatic carbocycles. The Morgan fingerprint density at radius 2 is 2.00 bits per heavy atom. The summed E-state index contributed by atoms with van der Waals surface area (Å²) in [6.45, 7) is 0.869. The zero-order chi connectivity index (χ0) is 14.8. The summed E-state index contributed by atoms with van der Waals surface area (Å²) in [4.78, 5) is 14.2. The van der Waals surface area contributed by atoms with Crippen LogP contribution in [0.25, 0.3) is 0 Å². The van der Waals surface area contributed by atoms with Crippen LogP contribution in [0, 0.1) is 0 Å². The molecule has 0 bridgehead atoms. The normalized spacial score (nSPS) is 20.9. The van der Waals surface area contributed by atoms with Gasteiger partial charge < -0.3 is 0 Å². The largest absolute Gasteiger partial charge is 0.416 e. The Kier molecular flexibility index (Phi) is 4.75. The van der Waals surface area contributed by atoms with Gasteiger partial charge in [0.05, 0.1) is 11.6 Å². The molecular weight excluding hydrogens is 287 g/mol. The molecule has 1 aromatic rings. The molecule has 1 unspecified atom stereocenters. The van der Waals surface area contributed by atoms with Gasteiger partial charge in [-0.3, -0.25) is 9.69 Å². The molecule has 20 heavy (non-hydrogen) atoms. The van der Waals surface area contributed by atoms with E-state index in [1.165, 1.54) is 12.1 Å². The lowest BCUT2D eigenvalue weighted by Gasteiger charge is -2.30. The number of halogens is 3. The fraction of sp³-hybridized carbons (Fsp3) is 0.500. The smallest absolute Gasteiger partial charge is 0.298 e. The lowest BCUT2D eigenvalue weighted by Crippen LogP contribution is -2.45. The number of carbonyl (C=O) groups excluding carboxylic acids is 1. The van der Waals surface area contributed by atoms with Gasteiger partial charge in [-0.1, -0.05) is 12.1 Å². The van der Waals surface area contributed by atoms with Gasteiger partial charge in [0.2, 0.25) is 0 Å². The molecule has 2 nitrogen and oxygen atoms in total. The molecular formula is C14H16F3NOS. The number of ketones is 1. The van der Waals surface area contributed by atoms with Crippen molar-refractivity contribution >= 4 is 17.5 Å². The highest BCUT2D eigenvalue weighted by Gasteiger charge is 2.30. The maximum atomic E-state index is 12.4. The predicted molar refractivity (Wildman–Crippen MR) is 73.9 cm³/mol. The van der Waals surface area contributed by atoms with Gasteiger partial charge in [0.15, 0.2) is 5.78 Å². The van der Waals surface area contributed by atoms with E-state index in [0.717, 1.165) is 30.2 Å². The molecule has 110 valence electrons. The molecule has 1 saturated heterocycles. The molecule has 0 amide bonds. The van der Waals surface area contributed by atoms with Gasteiger partial charge in [-0.15, -0.1) is 0 Å². The van der Waals surface area contributed by atoms with Crippen molar-refractivity contribution < 1.29 is 18.0 Å². The Labute approximate surface area is 120 Å². The van der Waals surface area contributed by atoms with E-state index in [4.69, 9.17) is 0 Å². The van der Waals surface area contributed by atoms with Crippen LogP contribution in [0.4, 0.5) is 13.2 Å². The molecule has 1 aliphatic rings. The van der Waals surface area contributed by atoms with E-state index < -0.39 is 11.7 Å². The minimum absolute atomic E-state index is 0.0689. The van der Waals surface area contributed by atoms with Crippen LogP contribution in [0.2, 0.25) is 0 Å². The quantitative estimate of drug-likeness (QED) is 0.856. The lowest BCUT2D eigenvalue weighted by atomic mass is 10.0. The Hall–Kier alpha value is -1.01. The average molecular weight is 303 g/mol. The first kappa shape index (κ1) is 15.4. The van der Waals surface area contributed by atoms with Crippen molar-refractivity contribution in [1.29, 1.82) is 0 Å². The van der Waals surface area contributed by atoms with Gasteiger partial charge in [0, 0.05) is 24.5 Å². The number of benzene rings is 1. The fourth-order valence-electron chi connectivity index (χ4n) is 2.16. The molecule has 0 radical (unpaired) electrons. The van der Waals surface area contributed by atoms with E-state index in [0.29, 0.717) is 5.56 Å². The van der Waals surface area contributed by atoms with Crippen LogP contribution >= 0.6 is 11.8 Å². The van der Waals surface area contributed by atoms with Crippen molar-refractivity contribution in [2.24, 2.45) is 0 Å². The maximum absolute atomic E-state index is 12.4. The van der Waals surface area contributed by atoms with Crippen molar-refractivity contribution in [2.45, 2.75) is 18.6 Å². The molecule has 0 spiro atoms. The van der Waals surface area contributed by atoms with Crippen molar-refractivity contribution in [3.8, 4) is 0 Å². The first-order chi connectivity index (χ1) is 9.38. The summed E-state index contributed by atoms with van der Waals surface area (Å²) in [6, 6.07) is 4.70. The summed E-state index contributed by atoms with van der Waals surface area (Å²) in [5.41, 5.74) is -0.0500. The number of hydrogen-bond acceptors (Lipinski definition) is 3. The summed E-state index contributed by atoms with van der Waals surface area (Å²) >= 11 is 1.74. The summed E-state index contributed by atoms with van der Waals surface area (Å²) in [5.74, 6) is 1.84. The number of thioether (sulfide) groups is 1. The standard InChI is InChI=1S/C14H16F3NOS/c1-18-6-7-20-9-12(18)13(19)8-10-2-4-11(5-3-10)14(15,16)17/h2-5,12H,6-9H2,1H3. The van der Waals surface area contributed by atoms with E-state index in [2.05, 4.69) is 0 Å². The van der Waals surface area contributed by atoms with Gasteiger partial charge in [-0.05, 0) is 24.7 Å². The van der Waals surface area contributed by atoms with Crippen molar-refractivity contribution in [2.75, 3.05) is 25.1 Å². The lowest BCUT2D eigenvalue weighted by molar-refractivity contribution is -0.137. The Morgan fingerprint density at radius 1 is 1.35 bits per heavy atom. The molecule has 0 saturated carbocycles. The zero-order valence-electron chi connectivity index (χ0n) is 11.1. The summed E-state index contributed by atoms with van der Waals surface area (Å²) in [7, 11) is 1.91. The molecule has 0 N–H and O–H groups in total. The molecule has 0 aromatic heterocycles. The highest BCUT2D eigenvalue weighted by molar-refractivity contribution is 7.99. The van der Waals surface area contributed by atoms with Crippen LogP contribution in [0.15, 0.2) is 24.3 Å². The Morgan fingerprint density at radius 3 is 2.55 bits per heavy atom. The minimum atomic E-state index is -4.33. The third-order valence-corrected chi connectivity index (χ3v) is 4.45. The number of alkyl halides is 3. The molecule has 0 aliphatic carbocycles. The summed E-state index contributed by atoms with van der Waals surface area (Å²) in [5, 5.41) is 0. The van der Waals surface area contributed by atoms with Crippen molar-refractivity contribution in [3.63, 3.8) is 0 Å². The third-order valence-electron chi connectivity index (χ3n) is 3.43. The molecule has 1 aliphatic heterocycles. The first-order valence-electron chi connectivity index (χ1n) is 6.35. The maximum Gasteiger partial charge on any atom is 0.416 e. The van der Waals surface area contributed by atoms with Crippen LogP contribution in [0.3, 0.4) is 0 Å². The topological polar surface area (TPSA) is 20.3 Å². The minimum Gasteiger partial charge on any atom is -0.298 e. The highest BCUT2D eigenvalue weighted by Crippen LogP contribution is 2.29. The second-order valence-corrected chi connectivity index (χ2v) is 6.06. The average Bonchev–Trinajstić information content (AvgIpc) is 2.38. The van der Waals surface area contributed by atoms with E-state index in [9.17, 15) is 18.0 Å². The van der Waals surface area contributed by atoms with Crippen LogP contribution in [0.1, 0.15) is 11.1 Å². The van der Waals surface area contributed by atoms with Crippen LogP contribution < -0.4 is 0 Å². The van der Waals surface area contributed by atoms with Gasteiger partial charge in [-0.2, -0.15) is 24.9 Å². The zero-order valence-corrected chi connectivity index (χ0v) is 11.9. The van der Waals surface area contributed by atoms with E-state index in [1.54, 1.807) is 11.8 Å². The molecule has 1 atom stereocenters. The second-order valence-electron chi connectivity index (χ2n) is 4.91. The van der Waals surface area contributed by atoms with E-state index in [-0.39, 0.29) is 18.2 Å². The summed E-state index contributed by atoms with van der Waals surface area (Å²) < 4.78 is 37.3. The number of carbonyl (C=O) groups is 1. The number of likely N-dealkylation sites (N-methyl/N-ethyl adjacent to an activating group) is 1. The van der Waals surface area contributed by atoms with Crippen molar-refractivity contribution in [1.82, 2.24) is 4.90 Å². The Balaban J connectivity index is 2.01. The fourth-order valence-corrected chi connectivity index (χ4v) is 3.40. The van der Waals surface area contributed by atoms with Gasteiger partial charge in [0.25, 0.3) is 0 Å². The van der Waals surface area contributed by atoms with Crippen molar-refractivity contribution in [3.05, 3.63) is 35.4 Å². The molecule has 2 rings (SSSR count). The Bertz CT molecular complexity index is 472. The summed E-state index contributed by atoms with van der Waals surface area (Å²) in [6.07, 6.45) is -4.14. The molecule has 6 heteroatoms. The SMILES string of the molecule is CN1CCSCC1C(=O)Cc1ccc(C(F)(F)F)cc1. The third kappa shape index (κ3) is 3.76. The van der Waals surface area contributed by atoms with Crippen LogP contribution in [0.5, 0.6) is 0 Å². The number of hydrogen-bond donors (Lipinski definition) is 0. The number of rotatable bonds is 3.